The van der Waals surface area contributed by atoms with E-state index in [-0.39, 0.29) is 29.6 Å². The summed E-state index contributed by atoms with van der Waals surface area (Å²) < 4.78 is 33.3. The SMILES string of the molecule is NC(=O)c1c(Cl)c(Cl)c(S(=O)(=O)[O-])c(C(N)=O)c1Cl.[Na+]. The molecule has 20 heavy (non-hydrogen) atoms. The molecule has 4 N–H and O–H groups in total. The van der Waals surface area contributed by atoms with Gasteiger partial charge in [-0.05, 0) is 0 Å². The van der Waals surface area contributed by atoms with Crippen LogP contribution in [-0.4, -0.2) is 24.8 Å². The molecule has 1 aromatic rings. The number of hydrogen-bond donors (Lipinski definition) is 2. The Hall–Kier alpha value is -0.0600. The molecule has 0 spiro atoms. The first-order chi connectivity index (χ1) is 8.50. The summed E-state index contributed by atoms with van der Waals surface area (Å²) in [4.78, 5) is 21.2. The molecule has 1 rings (SSSR count). The molecule has 0 aliphatic heterocycles. The number of primary amides is 2. The molecule has 1 aromatic carbocycles. The fourth-order valence-corrected chi connectivity index (χ4v) is 3.38. The quantitative estimate of drug-likeness (QED) is 0.351. The fourth-order valence-electron chi connectivity index (χ4n) is 1.31. The largest absolute Gasteiger partial charge is 1.00 e. The molecule has 0 radical (unpaired) electrons. The topological polar surface area (TPSA) is 143 Å². The maximum atomic E-state index is 11.2. The molecule has 0 fully saturated rings. The minimum atomic E-state index is -5.20. The summed E-state index contributed by atoms with van der Waals surface area (Å²) in [7, 11) is -5.20. The first-order valence-electron chi connectivity index (χ1n) is 4.26. The third-order valence-electron chi connectivity index (χ3n) is 2.02. The Bertz CT molecular complexity index is 707. The van der Waals surface area contributed by atoms with Gasteiger partial charge in [-0.25, -0.2) is 8.42 Å². The summed E-state index contributed by atoms with van der Waals surface area (Å²) in [6.07, 6.45) is 0. The van der Waals surface area contributed by atoms with E-state index in [1.807, 2.05) is 0 Å². The number of nitrogens with two attached hydrogens (primary N) is 2. The number of carbonyl (C=O) groups is 2. The summed E-state index contributed by atoms with van der Waals surface area (Å²) in [5, 5.41) is -2.24. The number of halogens is 3. The Morgan fingerprint density at radius 3 is 1.60 bits per heavy atom. The average molecular weight is 370 g/mol. The van der Waals surface area contributed by atoms with Crippen molar-refractivity contribution in [2.75, 3.05) is 0 Å². The molecule has 0 aliphatic rings. The van der Waals surface area contributed by atoms with Crippen LogP contribution in [0.3, 0.4) is 0 Å². The number of hydrogen-bond acceptors (Lipinski definition) is 5. The van der Waals surface area contributed by atoms with Gasteiger partial charge in [-0.15, -0.1) is 0 Å². The maximum Gasteiger partial charge on any atom is 1.00 e. The van der Waals surface area contributed by atoms with Gasteiger partial charge >= 0.3 is 29.6 Å². The van der Waals surface area contributed by atoms with Crippen molar-refractivity contribution in [2.24, 2.45) is 11.5 Å². The molecule has 0 saturated carbocycles. The van der Waals surface area contributed by atoms with Crippen molar-refractivity contribution in [1.82, 2.24) is 0 Å². The Labute approximate surface area is 150 Å². The van der Waals surface area contributed by atoms with Crippen LogP contribution in [0.4, 0.5) is 0 Å². The zero-order valence-corrected chi connectivity index (χ0v) is 14.8. The molecule has 2 amide bonds. The van der Waals surface area contributed by atoms with Crippen molar-refractivity contribution in [3.63, 3.8) is 0 Å². The molecule has 104 valence electrons. The molecule has 0 bridgehead atoms. The van der Waals surface area contributed by atoms with Gasteiger partial charge in [0.05, 0.1) is 31.1 Å². The van der Waals surface area contributed by atoms with Crippen LogP contribution in [0.15, 0.2) is 4.90 Å². The molecular formula is C8H4Cl3N2NaO5S. The number of amides is 2. The van der Waals surface area contributed by atoms with E-state index in [1.165, 1.54) is 0 Å². The van der Waals surface area contributed by atoms with Crippen LogP contribution in [0, 0.1) is 0 Å². The van der Waals surface area contributed by atoms with E-state index in [1.54, 1.807) is 0 Å². The zero-order chi connectivity index (χ0) is 15.1. The minimum absolute atomic E-state index is 0. The van der Waals surface area contributed by atoms with Gasteiger partial charge in [0.25, 0.3) is 11.8 Å². The van der Waals surface area contributed by atoms with Crippen molar-refractivity contribution in [1.29, 1.82) is 0 Å². The third-order valence-corrected chi connectivity index (χ3v) is 4.27. The Kier molecular flexibility index (Phi) is 6.78. The van der Waals surface area contributed by atoms with Gasteiger partial charge < -0.3 is 16.0 Å². The van der Waals surface area contributed by atoms with Crippen LogP contribution in [-0.2, 0) is 10.1 Å². The summed E-state index contributed by atoms with van der Waals surface area (Å²) in [6.45, 7) is 0. The molecule has 7 nitrogen and oxygen atoms in total. The standard InChI is InChI=1S/C8H5Cl3N2O5S.Na/c9-3-1(7(12)14)4(10)5(11)6(19(16,17)18)2(3)8(13)15;/h(H2,12,14)(H2,13,15)(H,16,17,18);/q;+1/p-1. The second-order valence-corrected chi connectivity index (χ2v) is 5.65. The Morgan fingerprint density at radius 2 is 1.30 bits per heavy atom. The zero-order valence-electron chi connectivity index (χ0n) is 9.74. The van der Waals surface area contributed by atoms with Crippen molar-refractivity contribution in [2.45, 2.75) is 4.90 Å². The van der Waals surface area contributed by atoms with E-state index in [2.05, 4.69) is 0 Å². The van der Waals surface area contributed by atoms with Crippen LogP contribution in [0.1, 0.15) is 20.7 Å². The van der Waals surface area contributed by atoms with Crippen molar-refractivity contribution >= 4 is 56.7 Å². The predicted molar refractivity (Wildman–Crippen MR) is 66.5 cm³/mol. The third kappa shape index (κ3) is 3.58. The van der Waals surface area contributed by atoms with Crippen molar-refractivity contribution < 1.29 is 52.1 Å². The van der Waals surface area contributed by atoms with Crippen LogP contribution >= 0.6 is 34.8 Å². The first kappa shape index (κ1) is 19.9. The summed E-state index contributed by atoms with van der Waals surface area (Å²) in [5.74, 6) is -2.55. The molecule has 0 aliphatic carbocycles. The van der Waals surface area contributed by atoms with E-state index < -0.39 is 53.0 Å². The molecule has 12 heteroatoms. The molecule has 0 saturated heterocycles. The predicted octanol–water partition coefficient (Wildman–Crippen LogP) is -2.25. The molecule has 0 heterocycles. The van der Waals surface area contributed by atoms with E-state index in [0.717, 1.165) is 0 Å². The smallest absolute Gasteiger partial charge is 0.744 e. The van der Waals surface area contributed by atoms with Crippen molar-refractivity contribution in [3.05, 3.63) is 26.2 Å². The summed E-state index contributed by atoms with van der Waals surface area (Å²) in [5.41, 5.74) is 8.35. The second-order valence-electron chi connectivity index (χ2n) is 3.20. The molecule has 0 aromatic heterocycles. The van der Waals surface area contributed by atoms with Gasteiger partial charge in [0.15, 0.2) is 0 Å². The van der Waals surface area contributed by atoms with Crippen LogP contribution in [0.25, 0.3) is 0 Å². The van der Waals surface area contributed by atoms with Gasteiger partial charge in [-0.1, -0.05) is 34.8 Å². The van der Waals surface area contributed by atoms with Crippen LogP contribution in [0.5, 0.6) is 0 Å². The van der Waals surface area contributed by atoms with E-state index >= 15 is 0 Å². The first-order valence-corrected chi connectivity index (χ1v) is 6.80. The van der Waals surface area contributed by atoms with Crippen molar-refractivity contribution in [3.8, 4) is 0 Å². The van der Waals surface area contributed by atoms with Gasteiger partial charge in [0, 0.05) is 0 Å². The normalized spacial score (nSPS) is 10.8. The van der Waals surface area contributed by atoms with Gasteiger partial charge in [0.1, 0.15) is 10.1 Å². The average Bonchev–Trinajstić information content (AvgIpc) is 2.20. The summed E-state index contributed by atoms with van der Waals surface area (Å²) >= 11 is 16.8. The van der Waals surface area contributed by atoms with Crippen LogP contribution < -0.4 is 41.0 Å². The number of carbonyl (C=O) groups excluding carboxylic acids is 2. The number of rotatable bonds is 3. The van der Waals surface area contributed by atoms with E-state index in [0.29, 0.717) is 0 Å². The summed E-state index contributed by atoms with van der Waals surface area (Å²) in [6, 6.07) is 0. The Balaban J connectivity index is 0.00000361. The van der Waals surface area contributed by atoms with E-state index in [9.17, 15) is 22.6 Å². The second kappa shape index (κ2) is 6.80. The molecular weight excluding hydrogens is 366 g/mol. The van der Waals surface area contributed by atoms with Gasteiger partial charge in [-0.2, -0.15) is 0 Å². The van der Waals surface area contributed by atoms with E-state index in [4.69, 9.17) is 46.3 Å². The monoisotopic (exact) mass is 368 g/mol. The maximum absolute atomic E-state index is 11.2. The molecule has 0 atom stereocenters. The van der Waals surface area contributed by atoms with Gasteiger partial charge in [-0.3, -0.25) is 9.59 Å². The Morgan fingerprint density at radius 1 is 0.900 bits per heavy atom. The minimum Gasteiger partial charge on any atom is -0.744 e. The fraction of sp³-hybridized carbons (Fsp3) is 0. The van der Waals surface area contributed by atoms with Crippen LogP contribution in [0.2, 0.25) is 15.1 Å². The molecule has 0 unspecified atom stereocenters. The van der Waals surface area contributed by atoms with Gasteiger partial charge in [0.2, 0.25) is 0 Å². The number of benzene rings is 1.